The minimum absolute atomic E-state index is 0.705. The number of pyridine rings is 1. The molecule has 1 aromatic heterocycles. The maximum Gasteiger partial charge on any atom is 0.138 e. The maximum absolute atomic E-state index is 5.67. The lowest BCUT2D eigenvalue weighted by molar-refractivity contribution is 0.313. The summed E-state index contributed by atoms with van der Waals surface area (Å²) in [7, 11) is 0. The molecule has 3 rings (SSSR count). The third-order valence-electron chi connectivity index (χ3n) is 2.95. The molecule has 1 saturated carbocycles. The van der Waals surface area contributed by atoms with Crippen molar-refractivity contribution in [3.63, 3.8) is 0 Å². The van der Waals surface area contributed by atoms with Crippen LogP contribution in [0.1, 0.15) is 12.8 Å². The number of para-hydroxylation sites is 1. The number of hydrogen-bond donors (Lipinski definition) is 1. The highest BCUT2D eigenvalue weighted by molar-refractivity contribution is 5.79. The summed E-state index contributed by atoms with van der Waals surface area (Å²) in [4.78, 5) is 4.36. The van der Waals surface area contributed by atoms with E-state index in [-0.39, 0.29) is 0 Å². The summed E-state index contributed by atoms with van der Waals surface area (Å²) in [6.07, 6.45) is 4.43. The summed E-state index contributed by atoms with van der Waals surface area (Å²) < 4.78 is 5.67. The number of rotatable bonds is 5. The molecule has 88 valence electrons. The Labute approximate surface area is 101 Å². The van der Waals surface area contributed by atoms with E-state index in [4.69, 9.17) is 4.74 Å². The molecule has 0 bridgehead atoms. The number of ether oxygens (including phenoxy) is 1. The van der Waals surface area contributed by atoms with Crippen LogP contribution >= 0.6 is 0 Å². The van der Waals surface area contributed by atoms with Crippen molar-refractivity contribution in [3.05, 3.63) is 36.5 Å². The number of nitrogens with one attached hydrogen (secondary N) is 1. The van der Waals surface area contributed by atoms with Crippen molar-refractivity contribution >= 4 is 10.9 Å². The summed E-state index contributed by atoms with van der Waals surface area (Å²) in [6.45, 7) is 1.62. The molecule has 0 amide bonds. The van der Waals surface area contributed by atoms with Gasteiger partial charge in [0.15, 0.2) is 0 Å². The third kappa shape index (κ3) is 2.74. The Bertz CT molecular complexity index is 508. The second-order valence-electron chi connectivity index (χ2n) is 4.44. The minimum atomic E-state index is 0.705. The topological polar surface area (TPSA) is 34.1 Å². The van der Waals surface area contributed by atoms with Gasteiger partial charge in [0, 0.05) is 18.0 Å². The van der Waals surface area contributed by atoms with Gasteiger partial charge in [0.2, 0.25) is 0 Å². The summed E-state index contributed by atoms with van der Waals surface area (Å²) in [6, 6.07) is 10.9. The Hall–Kier alpha value is -1.61. The van der Waals surface area contributed by atoms with E-state index in [1.54, 1.807) is 6.20 Å². The first-order valence-corrected chi connectivity index (χ1v) is 6.13. The van der Waals surface area contributed by atoms with Crippen molar-refractivity contribution in [2.24, 2.45) is 0 Å². The van der Waals surface area contributed by atoms with Gasteiger partial charge in [-0.05, 0) is 25.0 Å². The lowest BCUT2D eigenvalue weighted by Crippen LogP contribution is -2.22. The molecule has 0 unspecified atom stereocenters. The van der Waals surface area contributed by atoms with Crippen molar-refractivity contribution in [1.82, 2.24) is 10.3 Å². The van der Waals surface area contributed by atoms with Gasteiger partial charge in [-0.25, -0.2) is 0 Å². The van der Waals surface area contributed by atoms with E-state index in [9.17, 15) is 0 Å². The second-order valence-corrected chi connectivity index (χ2v) is 4.44. The van der Waals surface area contributed by atoms with Crippen LogP contribution in [-0.4, -0.2) is 24.2 Å². The highest BCUT2D eigenvalue weighted by Gasteiger charge is 2.19. The highest BCUT2D eigenvalue weighted by atomic mass is 16.5. The molecular weight excluding hydrogens is 212 g/mol. The van der Waals surface area contributed by atoms with Crippen LogP contribution in [0.25, 0.3) is 10.9 Å². The predicted octanol–water partition coefficient (Wildman–Crippen LogP) is 2.37. The van der Waals surface area contributed by atoms with Crippen LogP contribution in [0.2, 0.25) is 0 Å². The van der Waals surface area contributed by atoms with Crippen LogP contribution in [-0.2, 0) is 0 Å². The molecule has 1 heterocycles. The normalized spacial score (nSPS) is 15.1. The van der Waals surface area contributed by atoms with Gasteiger partial charge in [0.05, 0.1) is 11.7 Å². The van der Waals surface area contributed by atoms with Gasteiger partial charge in [-0.1, -0.05) is 18.2 Å². The molecule has 0 saturated heterocycles. The van der Waals surface area contributed by atoms with Crippen LogP contribution in [0.4, 0.5) is 0 Å². The van der Waals surface area contributed by atoms with Gasteiger partial charge in [-0.15, -0.1) is 0 Å². The maximum atomic E-state index is 5.67. The quantitative estimate of drug-likeness (QED) is 0.798. The molecule has 0 atom stereocenters. The fraction of sp³-hybridized carbons (Fsp3) is 0.357. The number of aromatic nitrogens is 1. The first-order chi connectivity index (χ1) is 8.42. The van der Waals surface area contributed by atoms with Crippen LogP contribution in [0, 0.1) is 0 Å². The molecule has 0 aliphatic heterocycles. The zero-order valence-electron chi connectivity index (χ0n) is 9.73. The monoisotopic (exact) mass is 228 g/mol. The van der Waals surface area contributed by atoms with Gasteiger partial charge in [-0.2, -0.15) is 0 Å². The summed E-state index contributed by atoms with van der Waals surface area (Å²) in [5.74, 6) is 0.848. The molecule has 0 spiro atoms. The zero-order chi connectivity index (χ0) is 11.5. The number of nitrogens with zero attached hydrogens (tertiary/aromatic N) is 1. The van der Waals surface area contributed by atoms with Crippen LogP contribution in [0.5, 0.6) is 5.75 Å². The fourth-order valence-electron chi connectivity index (χ4n) is 1.85. The molecular formula is C14H16N2O. The van der Waals surface area contributed by atoms with E-state index in [1.165, 1.54) is 12.8 Å². The van der Waals surface area contributed by atoms with Gasteiger partial charge in [0.25, 0.3) is 0 Å². The van der Waals surface area contributed by atoms with Gasteiger partial charge >= 0.3 is 0 Å². The average molecular weight is 228 g/mol. The Morgan fingerprint density at radius 1 is 1.29 bits per heavy atom. The molecule has 3 heteroatoms. The standard InChI is InChI=1S/C14H16N2O/c1-2-4-14-11(3-1)9-13(10-16-14)17-8-7-15-12-5-6-12/h1-4,9-10,12,15H,5-8H2. The van der Waals surface area contributed by atoms with Crippen molar-refractivity contribution in [1.29, 1.82) is 0 Å². The first kappa shape index (κ1) is 10.5. The Balaban J connectivity index is 1.59. The number of hydrogen-bond acceptors (Lipinski definition) is 3. The third-order valence-corrected chi connectivity index (χ3v) is 2.95. The smallest absolute Gasteiger partial charge is 0.138 e. The van der Waals surface area contributed by atoms with Crippen molar-refractivity contribution in [3.8, 4) is 5.75 Å². The molecule has 1 aromatic carbocycles. The molecule has 1 aliphatic rings. The van der Waals surface area contributed by atoms with Crippen LogP contribution in [0.3, 0.4) is 0 Å². The van der Waals surface area contributed by atoms with Crippen LogP contribution in [0.15, 0.2) is 36.5 Å². The van der Waals surface area contributed by atoms with E-state index in [0.717, 1.165) is 29.2 Å². The van der Waals surface area contributed by atoms with E-state index < -0.39 is 0 Å². The lowest BCUT2D eigenvalue weighted by atomic mass is 10.2. The van der Waals surface area contributed by atoms with E-state index in [2.05, 4.69) is 16.4 Å². The predicted molar refractivity (Wildman–Crippen MR) is 68.3 cm³/mol. The van der Waals surface area contributed by atoms with Gasteiger partial charge in [-0.3, -0.25) is 4.98 Å². The van der Waals surface area contributed by atoms with Crippen molar-refractivity contribution < 1.29 is 4.74 Å². The van der Waals surface area contributed by atoms with Gasteiger partial charge in [0.1, 0.15) is 12.4 Å². The van der Waals surface area contributed by atoms with Gasteiger partial charge < -0.3 is 10.1 Å². The Morgan fingerprint density at radius 3 is 3.06 bits per heavy atom. The number of fused-ring (bicyclic) bond motifs is 1. The van der Waals surface area contributed by atoms with Crippen molar-refractivity contribution in [2.75, 3.05) is 13.2 Å². The van der Waals surface area contributed by atoms with E-state index >= 15 is 0 Å². The molecule has 1 N–H and O–H groups in total. The minimum Gasteiger partial charge on any atom is -0.491 e. The van der Waals surface area contributed by atoms with Crippen molar-refractivity contribution in [2.45, 2.75) is 18.9 Å². The Kier molecular flexibility index (Phi) is 2.92. The molecule has 1 fully saturated rings. The Morgan fingerprint density at radius 2 is 2.18 bits per heavy atom. The van der Waals surface area contributed by atoms with Crippen LogP contribution < -0.4 is 10.1 Å². The molecule has 1 aliphatic carbocycles. The number of benzene rings is 1. The zero-order valence-corrected chi connectivity index (χ0v) is 9.73. The highest BCUT2D eigenvalue weighted by Crippen LogP contribution is 2.19. The molecule has 2 aromatic rings. The average Bonchev–Trinajstić information content (AvgIpc) is 3.18. The largest absolute Gasteiger partial charge is 0.491 e. The van der Waals surface area contributed by atoms with E-state index in [1.807, 2.05) is 24.3 Å². The molecule has 17 heavy (non-hydrogen) atoms. The van der Waals surface area contributed by atoms with E-state index in [0.29, 0.717) is 6.61 Å². The fourth-order valence-corrected chi connectivity index (χ4v) is 1.85. The first-order valence-electron chi connectivity index (χ1n) is 6.13. The lowest BCUT2D eigenvalue weighted by Gasteiger charge is -2.07. The molecule has 0 radical (unpaired) electrons. The summed E-state index contributed by atoms with van der Waals surface area (Å²) >= 11 is 0. The summed E-state index contributed by atoms with van der Waals surface area (Å²) in [5.41, 5.74) is 1.01. The summed E-state index contributed by atoms with van der Waals surface area (Å²) in [5, 5.41) is 4.54. The second kappa shape index (κ2) is 4.72. The SMILES string of the molecule is c1ccc2ncc(OCCNC3CC3)cc2c1. The molecule has 3 nitrogen and oxygen atoms in total.